The van der Waals surface area contributed by atoms with Gasteiger partial charge in [0.2, 0.25) is 0 Å². The van der Waals surface area contributed by atoms with E-state index in [2.05, 4.69) is 199 Å². The number of rotatable bonds is 20. The molecule has 0 saturated carbocycles. The first-order valence-corrected chi connectivity index (χ1v) is 65.0. The predicted molar refractivity (Wildman–Crippen MR) is 373 cm³/mol. The lowest BCUT2D eigenvalue weighted by Gasteiger charge is -2.44. The number of nitrogens with zero attached hydrogens (tertiary/aromatic N) is 11. The van der Waals surface area contributed by atoms with Crippen molar-refractivity contribution in [2.75, 3.05) is 85.7 Å². The summed E-state index contributed by atoms with van der Waals surface area (Å²) >= 11 is 0. The van der Waals surface area contributed by atoms with Crippen LogP contribution in [0.1, 0.15) is 65.2 Å². The van der Waals surface area contributed by atoms with Gasteiger partial charge in [-0.1, -0.05) is 158 Å². The lowest BCUT2D eigenvalue weighted by molar-refractivity contribution is 0.0712. The van der Waals surface area contributed by atoms with Crippen LogP contribution in [0.4, 0.5) is 0 Å². The van der Waals surface area contributed by atoms with Crippen molar-refractivity contribution in [3.63, 3.8) is 0 Å². The topological polar surface area (TPSA) is 44.9 Å². The quantitative estimate of drug-likeness (QED) is 0.167. The lowest BCUT2D eigenvalue weighted by Crippen LogP contribution is -2.57. The molecule has 5 saturated heterocycles. The first-order chi connectivity index (χ1) is 33.8. The fourth-order valence-electron chi connectivity index (χ4n) is 11.2. The Morgan fingerprint density at radius 1 is 0.319 bits per heavy atom. The van der Waals surface area contributed by atoms with E-state index in [-0.39, 0.29) is 49.2 Å². The highest BCUT2D eigenvalue weighted by Crippen LogP contribution is 2.22. The van der Waals surface area contributed by atoms with Crippen molar-refractivity contribution >= 4 is 139 Å². The van der Waals surface area contributed by atoms with Gasteiger partial charge >= 0.3 is 0 Å². The highest BCUT2D eigenvalue weighted by molar-refractivity contribution is 6.81. The lowest BCUT2D eigenvalue weighted by atomic mass is 10.0. The van der Waals surface area contributed by atoms with E-state index in [4.69, 9.17) is 4.74 Å². The zero-order valence-electron chi connectivity index (χ0n) is 52.9. The standard InChI is InChI=1S/C11H30N2Si3.C9H27N3Si3.C9H26N2Si3.C8H24N2OSi3.C8H24N2Si3/c1-10-8-7-9-11(2)12(10)14-13(15(3)4)16(5)6;1-10-6-8-11(9-7-10)13-12(14(2)3)15(4)5;1-13(2)11(14(3)4)12-10-8-6-5-7-9-10;1-13(2)10(14(3)4)12-9-5-7-11-8-6-9;1-12(2)10(13(3)4)11-9-7-5-6-8-9/h10-11,15-16H,7-9,14H2,1-6H3;14-15H,6-9,13H2,1-5H3;13-14H,5-9,12H2,1-4H3;13-14H,5-8,12H2,1-4H3;12-13H,5-8,11H2,1-4H3. The summed E-state index contributed by atoms with van der Waals surface area (Å²) in [4.78, 5) is 2.45. The van der Waals surface area contributed by atoms with Gasteiger partial charge in [-0.15, -0.1) is 0 Å². The van der Waals surface area contributed by atoms with E-state index in [1.54, 1.807) is 0 Å². The Hall–Kier alpha value is 2.77. The highest BCUT2D eigenvalue weighted by Gasteiger charge is 2.29. The smallest absolute Gasteiger partial charge is 0.159 e. The molecule has 0 aromatic heterocycles. The molecule has 5 heterocycles. The van der Waals surface area contributed by atoms with E-state index in [0.29, 0.717) is 0 Å². The first kappa shape index (κ1) is 72.8. The second kappa shape index (κ2) is 40.9. The highest BCUT2D eigenvalue weighted by atomic mass is 28.4. The number of hydrogen-bond acceptors (Lipinski definition) is 12. The molecule has 5 aliphatic rings. The Balaban J connectivity index is 0.000000451. The van der Waals surface area contributed by atoms with Crippen molar-refractivity contribution in [3.05, 3.63) is 0 Å². The zero-order valence-corrected chi connectivity index (χ0v) is 71.6. The third-order valence-electron chi connectivity index (χ3n) is 16.1. The van der Waals surface area contributed by atoms with E-state index in [9.17, 15) is 0 Å². The fourth-order valence-corrected chi connectivity index (χ4v) is 60.5. The summed E-state index contributed by atoms with van der Waals surface area (Å²) in [6, 6.07) is 1.72. The van der Waals surface area contributed by atoms with E-state index in [0.717, 1.165) is 25.3 Å². The summed E-state index contributed by atoms with van der Waals surface area (Å²) in [5.74, 6) is 0. The van der Waals surface area contributed by atoms with Crippen LogP contribution < -0.4 is 0 Å². The number of morpholine rings is 1. The fraction of sp³-hybridized carbons (Fsp3) is 1.00. The third-order valence-corrected chi connectivity index (χ3v) is 81.4. The van der Waals surface area contributed by atoms with Gasteiger partial charge in [0.05, 0.1) is 103 Å². The summed E-state index contributed by atoms with van der Waals surface area (Å²) in [6.07, 6.45) is 11.6. The minimum absolute atomic E-state index is 0.00309. The van der Waals surface area contributed by atoms with Crippen molar-refractivity contribution in [2.24, 2.45) is 0 Å². The molecule has 432 valence electrons. The number of hydrogen-bond donors (Lipinski definition) is 0. The van der Waals surface area contributed by atoms with Crippen LogP contribution in [0.25, 0.3) is 0 Å². The number of ether oxygens (including phenoxy) is 1. The SMILES string of the molecule is CC1CCCC(C)N1[SiH2]N([SiH](C)C)[SiH](C)C.CN1CCN([SiH2]N([SiH](C)C)[SiH](C)C)CC1.C[SiH](C)N([SiH2]N1CCCC1)[SiH](C)C.C[SiH](C)N([SiH2]N1CCCCC1)[SiH](C)C.C[SiH](C)N([SiH2]N1CCOCC1)[SiH](C)C. The van der Waals surface area contributed by atoms with Crippen LogP contribution in [-0.2, 0) is 4.74 Å². The summed E-state index contributed by atoms with van der Waals surface area (Å²) in [5, 5.41) is 0. The maximum Gasteiger partial charge on any atom is 0.159 e. The van der Waals surface area contributed by atoms with E-state index in [1.807, 2.05) is 0 Å². The Kier molecular flexibility index (Phi) is 41.3. The van der Waals surface area contributed by atoms with E-state index < -0.39 is 89.6 Å². The normalized spacial score (nSPS) is 22.8. The third kappa shape index (κ3) is 31.1. The van der Waals surface area contributed by atoms with Crippen LogP contribution >= 0.6 is 0 Å². The molecule has 0 aliphatic carbocycles. The molecule has 0 N–H and O–H groups in total. The van der Waals surface area contributed by atoms with Crippen LogP contribution in [0.15, 0.2) is 0 Å². The molecule has 5 aliphatic heterocycles. The molecule has 2 atom stereocenters. The average Bonchev–Trinajstić information content (AvgIpc) is 3.83. The van der Waals surface area contributed by atoms with Crippen LogP contribution in [0.2, 0.25) is 131 Å². The Morgan fingerprint density at radius 3 is 0.861 bits per heavy atom. The second-order valence-corrected chi connectivity index (χ2v) is 73.7. The molecule has 5 rings (SSSR count). The average molecular weight is 1260 g/mol. The molecule has 12 nitrogen and oxygen atoms in total. The molecule has 5 fully saturated rings. The van der Waals surface area contributed by atoms with Crippen molar-refractivity contribution in [1.29, 1.82) is 0 Å². The van der Waals surface area contributed by atoms with Gasteiger partial charge < -0.3 is 51.9 Å². The van der Waals surface area contributed by atoms with Gasteiger partial charge in [-0.2, -0.15) is 0 Å². The Bertz CT molecular complexity index is 1220. The molecule has 0 aromatic carbocycles. The van der Waals surface area contributed by atoms with E-state index >= 15 is 0 Å². The van der Waals surface area contributed by atoms with Crippen molar-refractivity contribution in [3.8, 4) is 0 Å². The molecule has 0 amide bonds. The summed E-state index contributed by atoms with van der Waals surface area (Å²) < 4.78 is 34.2. The molecule has 0 spiro atoms. The minimum atomic E-state index is -0.554. The minimum Gasteiger partial charge on any atom is -0.379 e. The van der Waals surface area contributed by atoms with Gasteiger partial charge in [-0.3, -0.25) is 0 Å². The van der Waals surface area contributed by atoms with Gasteiger partial charge in [0.25, 0.3) is 0 Å². The van der Waals surface area contributed by atoms with Crippen LogP contribution in [0.5, 0.6) is 0 Å². The van der Waals surface area contributed by atoms with Crippen LogP contribution in [0, 0.1) is 0 Å². The largest absolute Gasteiger partial charge is 0.379 e. The summed E-state index contributed by atoms with van der Waals surface area (Å²) in [5.41, 5.74) is 0. The van der Waals surface area contributed by atoms with Gasteiger partial charge in [0.1, 0.15) is 0 Å². The summed E-state index contributed by atoms with van der Waals surface area (Å²) in [7, 11) is -3.30. The molecule has 0 bridgehead atoms. The predicted octanol–water partition coefficient (Wildman–Crippen LogP) is 1.69. The maximum absolute atomic E-state index is 5.39. The Labute approximate surface area is 481 Å². The molecule has 0 aromatic rings. The monoisotopic (exact) mass is 1260 g/mol. The number of piperazine rings is 1. The summed E-state index contributed by atoms with van der Waals surface area (Å²) in [6.45, 7) is 69.9. The molecule has 72 heavy (non-hydrogen) atoms. The van der Waals surface area contributed by atoms with Crippen molar-refractivity contribution in [2.45, 2.75) is 208 Å². The zero-order chi connectivity index (χ0) is 54.7. The molecule has 27 heteroatoms. The van der Waals surface area contributed by atoms with Gasteiger partial charge in [-0.25, -0.2) is 0 Å². The molecule has 2 unspecified atom stereocenters. The molecule has 0 radical (unpaired) electrons. The van der Waals surface area contributed by atoms with Gasteiger partial charge in [0.15, 0.2) is 49.2 Å². The number of piperidine rings is 2. The van der Waals surface area contributed by atoms with Crippen molar-refractivity contribution in [1.82, 2.24) is 47.2 Å². The first-order valence-electron chi connectivity index (χ1n) is 30.5. The van der Waals surface area contributed by atoms with Crippen LogP contribution in [0.3, 0.4) is 0 Å². The Morgan fingerprint density at radius 2 is 0.569 bits per heavy atom. The molecular weight excluding hydrogens is 1130 g/mol. The van der Waals surface area contributed by atoms with Gasteiger partial charge in [-0.05, 0) is 71.8 Å². The maximum atomic E-state index is 5.39. The second-order valence-electron chi connectivity index (χ2n) is 25.5. The van der Waals surface area contributed by atoms with E-state index in [1.165, 1.54) is 117 Å². The van der Waals surface area contributed by atoms with Gasteiger partial charge in [0, 0.05) is 51.4 Å². The van der Waals surface area contributed by atoms with Crippen LogP contribution in [-0.4, -0.2) is 284 Å². The number of likely N-dealkylation sites (N-methyl/N-ethyl adjacent to an activating group) is 1. The molecular formula is C45H131N11OSi15. The van der Waals surface area contributed by atoms with Crippen molar-refractivity contribution < 1.29 is 4.74 Å².